The molecule has 0 bridgehead atoms. The van der Waals surface area contributed by atoms with Crippen molar-refractivity contribution in [1.29, 1.82) is 0 Å². The minimum absolute atomic E-state index is 0.0743. The quantitative estimate of drug-likeness (QED) is 0.604. The van der Waals surface area contributed by atoms with Crippen LogP contribution in [-0.4, -0.2) is 36.9 Å². The summed E-state index contributed by atoms with van der Waals surface area (Å²) in [5.41, 5.74) is 2.69. The highest BCUT2D eigenvalue weighted by Gasteiger charge is 2.20. The fraction of sp³-hybridized carbons (Fsp3) is 0.421. The third-order valence-electron chi connectivity index (χ3n) is 4.78. The molecule has 1 amide bonds. The van der Waals surface area contributed by atoms with Crippen molar-refractivity contribution in [2.24, 2.45) is 0 Å². The molecule has 1 saturated carbocycles. The topological polar surface area (TPSA) is 85.6 Å². The molecule has 0 radical (unpaired) electrons. The molecule has 3 aromatic rings. The molecule has 1 N–H and O–H groups in total. The van der Waals surface area contributed by atoms with E-state index in [1.54, 1.807) is 11.3 Å². The number of benzene rings is 1. The van der Waals surface area contributed by atoms with Gasteiger partial charge in [-0.15, -0.1) is 16.4 Å². The van der Waals surface area contributed by atoms with Gasteiger partial charge < -0.3 is 5.32 Å². The van der Waals surface area contributed by atoms with Crippen LogP contribution in [-0.2, 0) is 4.79 Å². The number of carbonyl (C=O) groups excluding carboxylic acids is 1. The van der Waals surface area contributed by atoms with E-state index in [0.717, 1.165) is 34.8 Å². The molecule has 1 aliphatic rings. The highest BCUT2D eigenvalue weighted by molar-refractivity contribution is 7.99. The molecule has 1 fully saturated rings. The third-order valence-corrected chi connectivity index (χ3v) is 6.48. The number of tetrazole rings is 1. The molecule has 0 saturated heterocycles. The van der Waals surface area contributed by atoms with Crippen LogP contribution in [0, 0.1) is 6.92 Å². The van der Waals surface area contributed by atoms with Crippen molar-refractivity contribution < 1.29 is 4.79 Å². The predicted octanol–water partition coefficient (Wildman–Crippen LogP) is 4.34. The van der Waals surface area contributed by atoms with E-state index in [1.807, 2.05) is 41.3 Å². The number of aromatic nitrogens is 5. The van der Waals surface area contributed by atoms with Crippen molar-refractivity contribution in [3.05, 3.63) is 34.7 Å². The molecule has 0 unspecified atom stereocenters. The van der Waals surface area contributed by atoms with Gasteiger partial charge in [0.25, 0.3) is 0 Å². The molecule has 7 nitrogen and oxygen atoms in total. The maximum absolute atomic E-state index is 12.4. The van der Waals surface area contributed by atoms with Crippen LogP contribution in [0.15, 0.2) is 34.8 Å². The average Bonchev–Trinajstić information content (AvgIpc) is 3.36. The van der Waals surface area contributed by atoms with E-state index >= 15 is 0 Å². The number of thioether (sulfide) groups is 1. The molecule has 2 heterocycles. The molecule has 0 spiro atoms. The lowest BCUT2D eigenvalue weighted by Crippen LogP contribution is -2.17. The Hall–Kier alpha value is -2.26. The van der Waals surface area contributed by atoms with E-state index in [-0.39, 0.29) is 11.7 Å². The van der Waals surface area contributed by atoms with Gasteiger partial charge in [-0.3, -0.25) is 4.79 Å². The van der Waals surface area contributed by atoms with Gasteiger partial charge in [-0.1, -0.05) is 43.2 Å². The normalized spacial score (nSPS) is 14.9. The predicted molar refractivity (Wildman–Crippen MR) is 112 cm³/mol. The highest BCUT2D eigenvalue weighted by atomic mass is 32.2. The summed E-state index contributed by atoms with van der Waals surface area (Å²) in [5.74, 6) is 0.197. The fourth-order valence-corrected chi connectivity index (χ4v) is 4.78. The summed E-state index contributed by atoms with van der Waals surface area (Å²) in [7, 11) is 0. The lowest BCUT2D eigenvalue weighted by molar-refractivity contribution is -0.113. The van der Waals surface area contributed by atoms with E-state index in [0.29, 0.717) is 11.2 Å². The SMILES string of the molecule is Cc1nc(-c2cccc(NC(=O)CSc3nnnn3C3CCCCC3)c2)cs1. The second-order valence-electron chi connectivity index (χ2n) is 6.87. The highest BCUT2D eigenvalue weighted by Crippen LogP contribution is 2.30. The Morgan fingerprint density at radius 1 is 1.32 bits per heavy atom. The number of aryl methyl sites for hydroxylation is 1. The van der Waals surface area contributed by atoms with Gasteiger partial charge >= 0.3 is 0 Å². The van der Waals surface area contributed by atoms with Gasteiger partial charge in [-0.05, 0) is 42.3 Å². The van der Waals surface area contributed by atoms with Crippen molar-refractivity contribution in [2.75, 3.05) is 11.1 Å². The summed E-state index contributed by atoms with van der Waals surface area (Å²) in [6.07, 6.45) is 5.92. The van der Waals surface area contributed by atoms with E-state index in [9.17, 15) is 4.79 Å². The van der Waals surface area contributed by atoms with Gasteiger partial charge in [0.15, 0.2) is 0 Å². The maximum Gasteiger partial charge on any atom is 0.234 e. The van der Waals surface area contributed by atoms with Crippen molar-refractivity contribution in [3.63, 3.8) is 0 Å². The monoisotopic (exact) mass is 414 g/mol. The van der Waals surface area contributed by atoms with Gasteiger partial charge in [0, 0.05) is 16.6 Å². The van der Waals surface area contributed by atoms with Gasteiger partial charge in [0.2, 0.25) is 11.1 Å². The average molecular weight is 415 g/mol. The van der Waals surface area contributed by atoms with Gasteiger partial charge in [-0.25, -0.2) is 9.67 Å². The molecule has 1 aliphatic carbocycles. The van der Waals surface area contributed by atoms with Crippen molar-refractivity contribution in [3.8, 4) is 11.3 Å². The van der Waals surface area contributed by atoms with E-state index in [4.69, 9.17) is 0 Å². The van der Waals surface area contributed by atoms with Crippen molar-refractivity contribution in [1.82, 2.24) is 25.2 Å². The standard InChI is InChI=1S/C19H22N6OS2/c1-13-20-17(11-27-13)14-6-5-7-15(10-14)21-18(26)12-28-19-22-23-24-25(19)16-8-3-2-4-9-16/h5-7,10-11,16H,2-4,8-9,12H2,1H3,(H,21,26). The number of hydrogen-bond donors (Lipinski definition) is 1. The Labute approximate surface area is 172 Å². The smallest absolute Gasteiger partial charge is 0.234 e. The van der Waals surface area contributed by atoms with Crippen LogP contribution in [0.2, 0.25) is 0 Å². The fourth-order valence-electron chi connectivity index (χ4n) is 3.41. The molecule has 9 heteroatoms. The van der Waals surface area contributed by atoms with Crippen LogP contribution in [0.4, 0.5) is 5.69 Å². The first-order valence-corrected chi connectivity index (χ1v) is 11.3. The summed E-state index contributed by atoms with van der Waals surface area (Å²) in [4.78, 5) is 16.9. The Kier molecular flexibility index (Phi) is 6.01. The van der Waals surface area contributed by atoms with E-state index in [1.165, 1.54) is 31.0 Å². The lowest BCUT2D eigenvalue weighted by Gasteiger charge is -2.21. The molecule has 0 aliphatic heterocycles. The lowest BCUT2D eigenvalue weighted by atomic mass is 9.96. The number of amides is 1. The first kappa shape index (κ1) is 19.1. The number of rotatable bonds is 6. The van der Waals surface area contributed by atoms with Crippen LogP contribution >= 0.6 is 23.1 Å². The maximum atomic E-state index is 12.4. The number of hydrogen-bond acceptors (Lipinski definition) is 7. The van der Waals surface area contributed by atoms with Crippen molar-refractivity contribution >= 4 is 34.7 Å². The van der Waals surface area contributed by atoms with Crippen LogP contribution in [0.25, 0.3) is 11.3 Å². The number of carbonyl (C=O) groups is 1. The molecule has 2 aromatic heterocycles. The summed E-state index contributed by atoms with van der Waals surface area (Å²) in [6.45, 7) is 1.98. The molecule has 0 atom stereocenters. The third kappa shape index (κ3) is 4.59. The summed E-state index contributed by atoms with van der Waals surface area (Å²) in [5, 5.41) is 18.8. The van der Waals surface area contributed by atoms with Gasteiger partial charge in [-0.2, -0.15) is 0 Å². The first-order valence-electron chi connectivity index (χ1n) is 9.42. The summed E-state index contributed by atoms with van der Waals surface area (Å²) in [6, 6.07) is 8.11. The molecular formula is C19H22N6OS2. The molecule has 4 rings (SSSR count). The second kappa shape index (κ2) is 8.83. The van der Waals surface area contributed by atoms with Crippen molar-refractivity contribution in [2.45, 2.75) is 50.2 Å². The van der Waals surface area contributed by atoms with E-state index in [2.05, 4.69) is 25.8 Å². The van der Waals surface area contributed by atoms with Crippen LogP contribution in [0.1, 0.15) is 43.2 Å². The minimum Gasteiger partial charge on any atom is -0.325 e. The Morgan fingerprint density at radius 2 is 2.18 bits per heavy atom. The van der Waals surface area contributed by atoms with Crippen LogP contribution in [0.3, 0.4) is 0 Å². The Morgan fingerprint density at radius 3 is 2.96 bits per heavy atom. The van der Waals surface area contributed by atoms with Crippen LogP contribution < -0.4 is 5.32 Å². The number of anilines is 1. The molecule has 1 aromatic carbocycles. The molecule has 146 valence electrons. The largest absolute Gasteiger partial charge is 0.325 e. The summed E-state index contributed by atoms with van der Waals surface area (Å²) >= 11 is 3.00. The molecular weight excluding hydrogens is 392 g/mol. The number of nitrogens with one attached hydrogen (secondary N) is 1. The number of thiazole rings is 1. The van der Waals surface area contributed by atoms with E-state index < -0.39 is 0 Å². The van der Waals surface area contributed by atoms with Gasteiger partial charge in [0.1, 0.15) is 0 Å². The number of nitrogens with zero attached hydrogens (tertiary/aromatic N) is 5. The summed E-state index contributed by atoms with van der Waals surface area (Å²) < 4.78 is 1.89. The minimum atomic E-state index is -0.0743. The zero-order chi connectivity index (χ0) is 19.3. The Balaban J connectivity index is 1.36. The first-order chi connectivity index (χ1) is 13.7. The molecule has 28 heavy (non-hydrogen) atoms. The second-order valence-corrected chi connectivity index (χ2v) is 8.87. The van der Waals surface area contributed by atoms with Crippen LogP contribution in [0.5, 0.6) is 0 Å². The Bertz CT molecular complexity index is 947. The zero-order valence-corrected chi connectivity index (χ0v) is 17.3. The zero-order valence-electron chi connectivity index (χ0n) is 15.7. The van der Waals surface area contributed by atoms with Gasteiger partial charge in [0.05, 0.1) is 22.5 Å².